The fourth-order valence-electron chi connectivity index (χ4n) is 1.91. The third kappa shape index (κ3) is 1.81. The molecule has 1 aromatic rings. The summed E-state index contributed by atoms with van der Waals surface area (Å²) >= 11 is 0. The van der Waals surface area contributed by atoms with Gasteiger partial charge in [-0.15, -0.1) is 0 Å². The third-order valence-corrected chi connectivity index (χ3v) is 2.75. The minimum absolute atomic E-state index is 0.282. The van der Waals surface area contributed by atoms with Gasteiger partial charge in [-0.3, -0.25) is 0 Å². The van der Waals surface area contributed by atoms with Gasteiger partial charge >= 0.3 is 0 Å². The number of nitrogens with one attached hydrogen (secondary N) is 1. The van der Waals surface area contributed by atoms with Gasteiger partial charge in [0.05, 0.1) is 11.4 Å². The van der Waals surface area contributed by atoms with E-state index in [0.717, 1.165) is 11.6 Å². The number of halogens is 1. The zero-order valence-electron chi connectivity index (χ0n) is 8.26. The Hall–Kier alpha value is -1.25. The van der Waals surface area contributed by atoms with Crippen LogP contribution in [0.4, 0.5) is 15.8 Å². The van der Waals surface area contributed by atoms with Gasteiger partial charge in [-0.1, -0.05) is 6.92 Å². The molecule has 1 aliphatic carbocycles. The topological polar surface area (TPSA) is 38.0 Å². The second-order valence-corrected chi connectivity index (χ2v) is 4.15. The Labute approximate surface area is 83.3 Å². The van der Waals surface area contributed by atoms with Crippen LogP contribution in [-0.4, -0.2) is 6.04 Å². The highest BCUT2D eigenvalue weighted by Gasteiger charge is 2.25. The minimum Gasteiger partial charge on any atom is -0.397 e. The second kappa shape index (κ2) is 3.48. The predicted octanol–water partition coefficient (Wildman–Crippen LogP) is 2.62. The van der Waals surface area contributed by atoms with Crippen molar-refractivity contribution in [3.05, 3.63) is 24.0 Å². The summed E-state index contributed by atoms with van der Waals surface area (Å²) in [6.45, 7) is 2.23. The van der Waals surface area contributed by atoms with Gasteiger partial charge in [-0.25, -0.2) is 4.39 Å². The van der Waals surface area contributed by atoms with E-state index in [-0.39, 0.29) is 5.82 Å². The molecule has 0 atom stereocenters. The van der Waals surface area contributed by atoms with Crippen LogP contribution in [0, 0.1) is 11.7 Å². The van der Waals surface area contributed by atoms with Crippen LogP contribution in [0.5, 0.6) is 0 Å². The second-order valence-electron chi connectivity index (χ2n) is 4.15. The summed E-state index contributed by atoms with van der Waals surface area (Å²) < 4.78 is 12.7. The number of benzene rings is 1. The molecule has 0 radical (unpaired) electrons. The van der Waals surface area contributed by atoms with Gasteiger partial charge in [-0.2, -0.15) is 0 Å². The molecule has 76 valence electrons. The maximum Gasteiger partial charge on any atom is 0.125 e. The zero-order chi connectivity index (χ0) is 10.1. The standard InChI is InChI=1S/C11H15FN2/c1-7-4-9(5-7)14-11-3-2-8(12)6-10(11)13/h2-3,6-7,9,14H,4-5,13H2,1H3. The van der Waals surface area contributed by atoms with Gasteiger partial charge in [0.2, 0.25) is 0 Å². The molecule has 0 spiro atoms. The van der Waals surface area contributed by atoms with Crippen molar-refractivity contribution in [1.82, 2.24) is 0 Å². The number of nitrogens with two attached hydrogens (primary N) is 1. The van der Waals surface area contributed by atoms with Crippen molar-refractivity contribution in [3.8, 4) is 0 Å². The average Bonchev–Trinajstić information content (AvgIpc) is 2.06. The van der Waals surface area contributed by atoms with Gasteiger partial charge < -0.3 is 11.1 Å². The Balaban J connectivity index is 2.02. The largest absolute Gasteiger partial charge is 0.397 e. The van der Waals surface area contributed by atoms with E-state index in [0.29, 0.717) is 11.7 Å². The Kier molecular flexibility index (Phi) is 2.32. The SMILES string of the molecule is CC1CC(Nc2ccc(F)cc2N)C1. The van der Waals surface area contributed by atoms with E-state index < -0.39 is 0 Å². The van der Waals surface area contributed by atoms with Crippen LogP contribution in [-0.2, 0) is 0 Å². The van der Waals surface area contributed by atoms with E-state index in [9.17, 15) is 4.39 Å². The van der Waals surface area contributed by atoms with Crippen molar-refractivity contribution in [3.63, 3.8) is 0 Å². The summed E-state index contributed by atoms with van der Waals surface area (Å²) in [5.74, 6) is 0.518. The highest BCUT2D eigenvalue weighted by atomic mass is 19.1. The molecule has 1 saturated carbocycles. The van der Waals surface area contributed by atoms with Crippen molar-refractivity contribution in [2.45, 2.75) is 25.8 Å². The number of hydrogen-bond donors (Lipinski definition) is 2. The molecule has 0 unspecified atom stereocenters. The molecule has 0 aromatic heterocycles. The van der Waals surface area contributed by atoms with E-state index >= 15 is 0 Å². The lowest BCUT2D eigenvalue weighted by Crippen LogP contribution is -2.33. The van der Waals surface area contributed by atoms with Crippen molar-refractivity contribution < 1.29 is 4.39 Å². The molecule has 0 aliphatic heterocycles. The summed E-state index contributed by atoms with van der Waals surface area (Å²) in [6, 6.07) is 5.00. The van der Waals surface area contributed by atoms with Crippen LogP contribution in [0.25, 0.3) is 0 Å². The first kappa shape index (κ1) is 9.31. The maximum absolute atomic E-state index is 12.7. The number of nitrogen functional groups attached to an aromatic ring is 1. The quantitative estimate of drug-likeness (QED) is 0.710. The van der Waals surface area contributed by atoms with Gasteiger partial charge in [-0.05, 0) is 37.0 Å². The average molecular weight is 194 g/mol. The molecular weight excluding hydrogens is 179 g/mol. The van der Waals surface area contributed by atoms with Crippen molar-refractivity contribution in [2.24, 2.45) is 5.92 Å². The fraction of sp³-hybridized carbons (Fsp3) is 0.455. The molecule has 2 nitrogen and oxygen atoms in total. The summed E-state index contributed by atoms with van der Waals surface area (Å²) in [4.78, 5) is 0. The molecule has 0 saturated heterocycles. The van der Waals surface area contributed by atoms with Gasteiger partial charge in [0.25, 0.3) is 0 Å². The highest BCUT2D eigenvalue weighted by Crippen LogP contribution is 2.31. The molecule has 0 heterocycles. The lowest BCUT2D eigenvalue weighted by molar-refractivity contribution is 0.309. The highest BCUT2D eigenvalue weighted by molar-refractivity contribution is 5.66. The van der Waals surface area contributed by atoms with E-state index in [2.05, 4.69) is 12.2 Å². The molecule has 1 fully saturated rings. The monoisotopic (exact) mass is 194 g/mol. The lowest BCUT2D eigenvalue weighted by Gasteiger charge is -2.34. The van der Waals surface area contributed by atoms with Crippen LogP contribution in [0.2, 0.25) is 0 Å². The van der Waals surface area contributed by atoms with E-state index in [1.165, 1.54) is 25.0 Å². The lowest BCUT2D eigenvalue weighted by atomic mass is 9.82. The van der Waals surface area contributed by atoms with Crippen molar-refractivity contribution in [2.75, 3.05) is 11.1 Å². The Morgan fingerprint density at radius 2 is 2.14 bits per heavy atom. The van der Waals surface area contributed by atoms with Gasteiger partial charge in [0, 0.05) is 6.04 Å². The summed E-state index contributed by atoms with van der Waals surface area (Å²) in [5, 5.41) is 3.31. The number of rotatable bonds is 2. The van der Waals surface area contributed by atoms with Crippen LogP contribution < -0.4 is 11.1 Å². The van der Waals surface area contributed by atoms with Gasteiger partial charge in [0.15, 0.2) is 0 Å². The number of hydrogen-bond acceptors (Lipinski definition) is 2. The molecular formula is C11H15FN2. The maximum atomic E-state index is 12.7. The summed E-state index contributed by atoms with van der Waals surface area (Å²) in [7, 11) is 0. The molecule has 3 N–H and O–H groups in total. The van der Waals surface area contributed by atoms with Crippen molar-refractivity contribution >= 4 is 11.4 Å². The molecule has 0 amide bonds. The number of anilines is 2. The normalized spacial score (nSPS) is 25.6. The summed E-state index contributed by atoms with van der Waals surface area (Å²) in [5.41, 5.74) is 7.02. The first-order chi connectivity index (χ1) is 6.65. The first-order valence-corrected chi connectivity index (χ1v) is 4.96. The smallest absolute Gasteiger partial charge is 0.125 e. The van der Waals surface area contributed by atoms with E-state index in [1.807, 2.05) is 0 Å². The van der Waals surface area contributed by atoms with Crippen LogP contribution in [0.3, 0.4) is 0 Å². The molecule has 2 rings (SSSR count). The van der Waals surface area contributed by atoms with Crippen LogP contribution in [0.15, 0.2) is 18.2 Å². The zero-order valence-corrected chi connectivity index (χ0v) is 8.26. The Bertz CT molecular complexity index is 332. The van der Waals surface area contributed by atoms with E-state index in [4.69, 9.17) is 5.73 Å². The Morgan fingerprint density at radius 3 is 2.71 bits per heavy atom. The molecule has 1 aromatic carbocycles. The minimum atomic E-state index is -0.282. The summed E-state index contributed by atoms with van der Waals surface area (Å²) in [6.07, 6.45) is 2.35. The van der Waals surface area contributed by atoms with Crippen LogP contribution >= 0.6 is 0 Å². The molecule has 0 bridgehead atoms. The molecule has 1 aliphatic rings. The molecule has 3 heteroatoms. The van der Waals surface area contributed by atoms with Crippen molar-refractivity contribution in [1.29, 1.82) is 0 Å². The first-order valence-electron chi connectivity index (χ1n) is 4.96. The van der Waals surface area contributed by atoms with E-state index in [1.54, 1.807) is 6.07 Å². The molecule has 14 heavy (non-hydrogen) atoms. The third-order valence-electron chi connectivity index (χ3n) is 2.75. The van der Waals surface area contributed by atoms with Crippen LogP contribution in [0.1, 0.15) is 19.8 Å². The van der Waals surface area contributed by atoms with Gasteiger partial charge in [0.1, 0.15) is 5.82 Å². The predicted molar refractivity (Wildman–Crippen MR) is 56.6 cm³/mol. The Morgan fingerprint density at radius 1 is 1.43 bits per heavy atom. The fourth-order valence-corrected chi connectivity index (χ4v) is 1.91.